The standard InChI is InChI=1S/C16H19N/c1-12-7-5-6-8-13(12)14-11-17-10-9-15(14)16(2,3)4/h5-11H,1-4H3. The van der Waals surface area contributed by atoms with Gasteiger partial charge in [0.1, 0.15) is 0 Å². The van der Waals surface area contributed by atoms with Crippen molar-refractivity contribution in [1.29, 1.82) is 0 Å². The van der Waals surface area contributed by atoms with Crippen molar-refractivity contribution < 1.29 is 0 Å². The number of benzene rings is 1. The molecule has 0 saturated carbocycles. The van der Waals surface area contributed by atoms with Crippen molar-refractivity contribution in [3.05, 3.63) is 53.9 Å². The minimum atomic E-state index is 0.139. The highest BCUT2D eigenvalue weighted by molar-refractivity contribution is 5.70. The predicted molar refractivity (Wildman–Crippen MR) is 73.1 cm³/mol. The SMILES string of the molecule is Cc1ccccc1-c1cnccc1C(C)(C)C. The van der Waals surface area contributed by atoms with Crippen LogP contribution in [0.4, 0.5) is 0 Å². The summed E-state index contributed by atoms with van der Waals surface area (Å²) in [5, 5.41) is 0. The van der Waals surface area contributed by atoms with Gasteiger partial charge in [-0.15, -0.1) is 0 Å². The number of hydrogen-bond acceptors (Lipinski definition) is 1. The topological polar surface area (TPSA) is 12.9 Å². The zero-order valence-electron chi connectivity index (χ0n) is 11.0. The van der Waals surface area contributed by atoms with Crippen LogP contribution in [0.1, 0.15) is 31.9 Å². The van der Waals surface area contributed by atoms with Gasteiger partial charge in [0.25, 0.3) is 0 Å². The summed E-state index contributed by atoms with van der Waals surface area (Å²) < 4.78 is 0. The summed E-state index contributed by atoms with van der Waals surface area (Å²) in [6.07, 6.45) is 3.85. The van der Waals surface area contributed by atoms with E-state index < -0.39 is 0 Å². The van der Waals surface area contributed by atoms with E-state index in [1.807, 2.05) is 12.4 Å². The lowest BCUT2D eigenvalue weighted by molar-refractivity contribution is 0.591. The fourth-order valence-electron chi connectivity index (χ4n) is 2.14. The number of aryl methyl sites for hydroxylation is 1. The first-order chi connectivity index (χ1) is 8.00. The average Bonchev–Trinajstić information content (AvgIpc) is 2.28. The average molecular weight is 225 g/mol. The van der Waals surface area contributed by atoms with Crippen LogP contribution in [-0.4, -0.2) is 4.98 Å². The summed E-state index contributed by atoms with van der Waals surface area (Å²) in [4.78, 5) is 4.28. The second kappa shape index (κ2) is 4.33. The van der Waals surface area contributed by atoms with Gasteiger partial charge in [0.05, 0.1) is 0 Å². The lowest BCUT2D eigenvalue weighted by Crippen LogP contribution is -2.13. The molecule has 0 spiro atoms. The number of hydrogen-bond donors (Lipinski definition) is 0. The molecule has 0 aliphatic rings. The van der Waals surface area contributed by atoms with Crippen molar-refractivity contribution in [2.45, 2.75) is 33.1 Å². The van der Waals surface area contributed by atoms with Crippen LogP contribution < -0.4 is 0 Å². The van der Waals surface area contributed by atoms with Gasteiger partial charge in [-0.05, 0) is 35.1 Å². The third-order valence-electron chi connectivity index (χ3n) is 3.06. The van der Waals surface area contributed by atoms with Crippen LogP contribution in [0.25, 0.3) is 11.1 Å². The summed E-state index contributed by atoms with van der Waals surface area (Å²) in [7, 11) is 0. The molecule has 2 rings (SSSR count). The van der Waals surface area contributed by atoms with Crippen LogP contribution in [0.3, 0.4) is 0 Å². The first-order valence-corrected chi connectivity index (χ1v) is 6.00. The van der Waals surface area contributed by atoms with Crippen molar-refractivity contribution in [3.8, 4) is 11.1 Å². The molecule has 0 unspecified atom stereocenters. The molecule has 1 aromatic carbocycles. The molecular weight excluding hydrogens is 206 g/mol. The van der Waals surface area contributed by atoms with Crippen molar-refractivity contribution in [2.24, 2.45) is 0 Å². The highest BCUT2D eigenvalue weighted by atomic mass is 14.6. The second-order valence-electron chi connectivity index (χ2n) is 5.49. The van der Waals surface area contributed by atoms with Crippen LogP contribution >= 0.6 is 0 Å². The first-order valence-electron chi connectivity index (χ1n) is 6.00. The number of rotatable bonds is 1. The van der Waals surface area contributed by atoms with E-state index in [4.69, 9.17) is 0 Å². The Hall–Kier alpha value is -1.63. The Bertz CT molecular complexity index is 521. The van der Waals surface area contributed by atoms with Crippen LogP contribution in [0.2, 0.25) is 0 Å². The molecule has 0 atom stereocenters. The smallest absolute Gasteiger partial charge is 0.0349 e. The van der Waals surface area contributed by atoms with Crippen molar-refractivity contribution in [3.63, 3.8) is 0 Å². The van der Waals surface area contributed by atoms with Crippen molar-refractivity contribution in [2.75, 3.05) is 0 Å². The Labute approximate surface area is 104 Å². The fourth-order valence-corrected chi connectivity index (χ4v) is 2.14. The molecule has 0 radical (unpaired) electrons. The molecule has 0 amide bonds. The monoisotopic (exact) mass is 225 g/mol. The predicted octanol–water partition coefficient (Wildman–Crippen LogP) is 4.35. The molecule has 88 valence electrons. The van der Waals surface area contributed by atoms with Crippen LogP contribution in [0.15, 0.2) is 42.7 Å². The van der Waals surface area contributed by atoms with E-state index in [0.29, 0.717) is 0 Å². The minimum absolute atomic E-state index is 0.139. The molecule has 1 nitrogen and oxygen atoms in total. The van der Waals surface area contributed by atoms with Gasteiger partial charge in [-0.1, -0.05) is 45.0 Å². The Balaban J connectivity index is 2.65. The lowest BCUT2D eigenvalue weighted by Gasteiger charge is -2.23. The summed E-state index contributed by atoms with van der Waals surface area (Å²) in [5.41, 5.74) is 5.32. The summed E-state index contributed by atoms with van der Waals surface area (Å²) >= 11 is 0. The minimum Gasteiger partial charge on any atom is -0.264 e. The summed E-state index contributed by atoms with van der Waals surface area (Å²) in [5.74, 6) is 0. The molecule has 1 aromatic heterocycles. The van der Waals surface area contributed by atoms with E-state index in [1.54, 1.807) is 0 Å². The van der Waals surface area contributed by atoms with Crippen molar-refractivity contribution in [1.82, 2.24) is 4.98 Å². The first kappa shape index (κ1) is 11.8. The van der Waals surface area contributed by atoms with Crippen molar-refractivity contribution >= 4 is 0 Å². The highest BCUT2D eigenvalue weighted by Crippen LogP contribution is 2.33. The van der Waals surface area contributed by atoms with E-state index in [9.17, 15) is 0 Å². The van der Waals surface area contributed by atoms with Gasteiger partial charge in [0.15, 0.2) is 0 Å². The Morgan fingerprint density at radius 3 is 2.29 bits per heavy atom. The Morgan fingerprint density at radius 2 is 1.65 bits per heavy atom. The van der Waals surface area contributed by atoms with Gasteiger partial charge in [-0.2, -0.15) is 0 Å². The summed E-state index contributed by atoms with van der Waals surface area (Å²) in [6.45, 7) is 8.87. The maximum absolute atomic E-state index is 4.28. The molecule has 0 fully saturated rings. The zero-order valence-corrected chi connectivity index (χ0v) is 11.0. The third kappa shape index (κ3) is 2.38. The molecule has 0 saturated heterocycles. The normalized spacial score (nSPS) is 11.5. The lowest BCUT2D eigenvalue weighted by atomic mass is 9.82. The Morgan fingerprint density at radius 1 is 0.941 bits per heavy atom. The highest BCUT2D eigenvalue weighted by Gasteiger charge is 2.19. The number of aromatic nitrogens is 1. The van der Waals surface area contributed by atoms with Crippen LogP contribution in [0.5, 0.6) is 0 Å². The molecule has 1 heteroatoms. The maximum atomic E-state index is 4.28. The van der Waals surface area contributed by atoms with Gasteiger partial charge >= 0.3 is 0 Å². The fraction of sp³-hybridized carbons (Fsp3) is 0.312. The molecule has 0 aliphatic heterocycles. The number of pyridine rings is 1. The van der Waals surface area contributed by atoms with Gasteiger partial charge in [-0.3, -0.25) is 4.98 Å². The van der Waals surface area contributed by atoms with Gasteiger partial charge < -0.3 is 0 Å². The molecular formula is C16H19N. The quantitative estimate of drug-likeness (QED) is 0.703. The zero-order chi connectivity index (χ0) is 12.5. The summed E-state index contributed by atoms with van der Waals surface area (Å²) in [6, 6.07) is 10.6. The van der Waals surface area contributed by atoms with E-state index in [2.05, 4.69) is 63.0 Å². The second-order valence-corrected chi connectivity index (χ2v) is 5.49. The molecule has 0 aliphatic carbocycles. The molecule has 0 N–H and O–H groups in total. The van der Waals surface area contributed by atoms with Gasteiger partial charge in [-0.25, -0.2) is 0 Å². The molecule has 2 aromatic rings. The van der Waals surface area contributed by atoms with E-state index in [-0.39, 0.29) is 5.41 Å². The maximum Gasteiger partial charge on any atom is 0.0349 e. The third-order valence-corrected chi connectivity index (χ3v) is 3.06. The van der Waals surface area contributed by atoms with E-state index in [1.165, 1.54) is 22.3 Å². The molecule has 1 heterocycles. The van der Waals surface area contributed by atoms with Crippen LogP contribution in [-0.2, 0) is 5.41 Å². The van der Waals surface area contributed by atoms with Crippen LogP contribution in [0, 0.1) is 6.92 Å². The molecule has 0 bridgehead atoms. The van der Waals surface area contributed by atoms with E-state index >= 15 is 0 Å². The van der Waals surface area contributed by atoms with Gasteiger partial charge in [0.2, 0.25) is 0 Å². The Kier molecular flexibility index (Phi) is 3.01. The largest absolute Gasteiger partial charge is 0.264 e. The van der Waals surface area contributed by atoms with E-state index in [0.717, 1.165) is 0 Å². The number of nitrogens with zero attached hydrogens (tertiary/aromatic N) is 1. The molecule has 17 heavy (non-hydrogen) atoms. The van der Waals surface area contributed by atoms with Gasteiger partial charge in [0, 0.05) is 18.0 Å².